The van der Waals surface area contributed by atoms with Crippen LogP contribution in [0.1, 0.15) is 18.1 Å². The summed E-state index contributed by atoms with van der Waals surface area (Å²) in [5.74, 6) is 0.428. The maximum absolute atomic E-state index is 9.63. The van der Waals surface area contributed by atoms with Crippen LogP contribution in [0.15, 0.2) is 58.5 Å². The first-order valence-corrected chi connectivity index (χ1v) is 7.51. The Labute approximate surface area is 144 Å². The van der Waals surface area contributed by atoms with E-state index in [1.165, 1.54) is 0 Å². The van der Waals surface area contributed by atoms with E-state index in [0.717, 1.165) is 17.4 Å². The van der Waals surface area contributed by atoms with Gasteiger partial charge in [0.05, 0.1) is 12.6 Å². The summed E-state index contributed by atoms with van der Waals surface area (Å²) in [5.41, 5.74) is 1.38. The Kier molecular flexibility index (Phi) is 8.57. The third-order valence-corrected chi connectivity index (χ3v) is 2.94. The summed E-state index contributed by atoms with van der Waals surface area (Å²) >= 11 is 1.06. The minimum absolute atomic E-state index is 0.00767. The fourth-order valence-corrected chi connectivity index (χ4v) is 1.75. The van der Waals surface area contributed by atoms with Gasteiger partial charge in [0.1, 0.15) is 11.5 Å². The second-order valence-electron chi connectivity index (χ2n) is 4.74. The molecule has 2 N–H and O–H groups in total. The van der Waals surface area contributed by atoms with E-state index in [1.54, 1.807) is 48.8 Å². The van der Waals surface area contributed by atoms with Crippen LogP contribution >= 0.6 is 0 Å². The molecular weight excluding hydrogens is 331 g/mol. The predicted octanol–water partition coefficient (Wildman–Crippen LogP) is 2.90. The van der Waals surface area contributed by atoms with Gasteiger partial charge in [0, 0.05) is 23.6 Å². The molecule has 23 heavy (non-hydrogen) atoms. The van der Waals surface area contributed by atoms with Crippen LogP contribution in [0.4, 0.5) is 0 Å². The maximum atomic E-state index is 9.63. The molecule has 0 bridgehead atoms. The van der Waals surface area contributed by atoms with Gasteiger partial charge in [-0.3, -0.25) is 9.98 Å². The molecule has 0 amide bonds. The fourth-order valence-electron chi connectivity index (χ4n) is 1.75. The molecule has 0 saturated heterocycles. The van der Waals surface area contributed by atoms with Gasteiger partial charge in [-0.25, -0.2) is 0 Å². The summed E-state index contributed by atoms with van der Waals surface area (Å²) in [6.07, 6.45) is 3.29. The first-order chi connectivity index (χ1) is 11.2. The standard InChI is InChI=1S/C17H18N2O2.O.V/c1-13(19-12-15-7-3-5-9-17(15)21)10-18-11-14-6-2-4-8-16(14)20;;/h2-9,11-13,20-21H,10H2,1H3;;. The molecule has 0 aromatic heterocycles. The molecule has 2 aromatic rings. The van der Waals surface area contributed by atoms with Gasteiger partial charge in [-0.2, -0.15) is 0 Å². The van der Waals surface area contributed by atoms with E-state index in [0.29, 0.717) is 17.7 Å². The van der Waals surface area contributed by atoms with Gasteiger partial charge >= 0.3 is 21.0 Å². The average Bonchev–Trinajstić information content (AvgIpc) is 2.58. The van der Waals surface area contributed by atoms with Crippen LogP contribution in [-0.2, 0) is 21.0 Å². The quantitative estimate of drug-likeness (QED) is 0.815. The van der Waals surface area contributed by atoms with Crippen LogP contribution in [0, 0.1) is 0 Å². The van der Waals surface area contributed by atoms with Gasteiger partial charge in [0.2, 0.25) is 0 Å². The van der Waals surface area contributed by atoms with Crippen molar-refractivity contribution in [1.29, 1.82) is 0 Å². The van der Waals surface area contributed by atoms with Crippen LogP contribution in [0.3, 0.4) is 0 Å². The Balaban J connectivity index is 0.00000127. The third-order valence-electron chi connectivity index (χ3n) is 2.94. The molecule has 0 spiro atoms. The predicted molar refractivity (Wildman–Crippen MR) is 86.4 cm³/mol. The molecule has 2 aromatic carbocycles. The molecule has 0 aliphatic rings. The average molecular weight is 349 g/mol. The van der Waals surface area contributed by atoms with Crippen LogP contribution < -0.4 is 0 Å². The molecule has 0 radical (unpaired) electrons. The molecule has 6 heteroatoms. The van der Waals surface area contributed by atoms with E-state index in [2.05, 4.69) is 9.98 Å². The number of aliphatic imine (C=N–C) groups is 2. The van der Waals surface area contributed by atoms with Crippen molar-refractivity contribution < 1.29 is 31.3 Å². The molecule has 0 heterocycles. The number of aromatic hydroxyl groups is 2. The van der Waals surface area contributed by atoms with Crippen molar-refractivity contribution in [3.05, 3.63) is 59.7 Å². The zero-order valence-electron chi connectivity index (χ0n) is 12.7. The number of phenols is 2. The Hall–Kier alpha value is -2.24. The molecule has 0 fully saturated rings. The zero-order chi connectivity index (χ0) is 17.1. The number of hydrogen-bond donors (Lipinski definition) is 2. The van der Waals surface area contributed by atoms with E-state index in [-0.39, 0.29) is 17.5 Å². The summed E-state index contributed by atoms with van der Waals surface area (Å²) in [7, 11) is 0. The van der Waals surface area contributed by atoms with Crippen molar-refractivity contribution in [3.63, 3.8) is 0 Å². The van der Waals surface area contributed by atoms with E-state index in [4.69, 9.17) is 3.67 Å². The van der Waals surface area contributed by atoms with Crippen LogP contribution in [-0.4, -0.2) is 35.2 Å². The monoisotopic (exact) mass is 349 g/mol. The topological polar surface area (TPSA) is 82.2 Å². The van der Waals surface area contributed by atoms with Gasteiger partial charge < -0.3 is 10.2 Å². The number of rotatable bonds is 5. The Morgan fingerprint density at radius 3 is 1.96 bits per heavy atom. The van der Waals surface area contributed by atoms with Crippen molar-refractivity contribution in [3.8, 4) is 11.5 Å². The van der Waals surface area contributed by atoms with Crippen molar-refractivity contribution in [2.45, 2.75) is 13.0 Å². The number of nitrogens with zero attached hydrogens (tertiary/aromatic N) is 2. The molecule has 1 unspecified atom stereocenters. The molecule has 0 saturated carbocycles. The van der Waals surface area contributed by atoms with Gasteiger partial charge in [-0.1, -0.05) is 24.3 Å². The summed E-state index contributed by atoms with van der Waals surface area (Å²) in [6, 6.07) is 14.1. The van der Waals surface area contributed by atoms with E-state index in [1.807, 2.05) is 19.1 Å². The number of hydrogen-bond acceptors (Lipinski definition) is 5. The second-order valence-corrected chi connectivity index (χ2v) is 4.74. The van der Waals surface area contributed by atoms with Crippen LogP contribution in [0.25, 0.3) is 0 Å². The number of benzene rings is 2. The van der Waals surface area contributed by atoms with Crippen LogP contribution in [0.2, 0.25) is 0 Å². The molecular formula is C17H18N2O3V. The summed E-state index contributed by atoms with van der Waals surface area (Å²) < 4.78 is 8.19. The molecule has 119 valence electrons. The summed E-state index contributed by atoms with van der Waals surface area (Å²) in [5, 5.41) is 19.2. The Bertz CT molecular complexity index is 674. The first-order valence-electron chi connectivity index (χ1n) is 6.94. The number of para-hydroxylation sites is 2. The van der Waals surface area contributed by atoms with Gasteiger partial charge in [0.25, 0.3) is 0 Å². The minimum atomic E-state index is -0.00767. The van der Waals surface area contributed by atoms with Gasteiger partial charge in [-0.15, -0.1) is 0 Å². The second kappa shape index (κ2) is 10.5. The molecule has 0 aliphatic heterocycles. The Morgan fingerprint density at radius 1 is 0.957 bits per heavy atom. The van der Waals surface area contributed by atoms with Gasteiger partial charge in [0.15, 0.2) is 0 Å². The SMILES string of the molecule is CC(CN=Cc1ccccc1O)N=Cc1ccccc1O.[O]=[V]. The van der Waals surface area contributed by atoms with E-state index in [9.17, 15) is 10.2 Å². The van der Waals surface area contributed by atoms with E-state index < -0.39 is 0 Å². The van der Waals surface area contributed by atoms with Crippen molar-refractivity contribution >= 4 is 12.4 Å². The van der Waals surface area contributed by atoms with Gasteiger partial charge in [-0.05, 0) is 31.2 Å². The number of phenolic OH excluding ortho intramolecular Hbond substituents is 2. The molecule has 1 atom stereocenters. The third kappa shape index (κ3) is 6.59. The summed E-state index contributed by atoms with van der Waals surface area (Å²) in [4.78, 5) is 8.62. The summed E-state index contributed by atoms with van der Waals surface area (Å²) in [6.45, 7) is 2.46. The first kappa shape index (κ1) is 18.8. The molecule has 2 rings (SSSR count). The van der Waals surface area contributed by atoms with Crippen molar-refractivity contribution in [1.82, 2.24) is 0 Å². The van der Waals surface area contributed by atoms with Crippen LogP contribution in [0.5, 0.6) is 11.5 Å². The zero-order valence-corrected chi connectivity index (χ0v) is 14.1. The Morgan fingerprint density at radius 2 is 1.43 bits per heavy atom. The van der Waals surface area contributed by atoms with Crippen molar-refractivity contribution in [2.75, 3.05) is 6.54 Å². The van der Waals surface area contributed by atoms with Crippen molar-refractivity contribution in [2.24, 2.45) is 9.98 Å². The normalized spacial score (nSPS) is 12.0. The molecule has 0 aliphatic carbocycles. The molecule has 5 nitrogen and oxygen atoms in total. The fraction of sp³-hybridized carbons (Fsp3) is 0.176. The van der Waals surface area contributed by atoms with E-state index >= 15 is 0 Å².